The van der Waals surface area contributed by atoms with Crippen LogP contribution >= 0.6 is 0 Å². The van der Waals surface area contributed by atoms with Gasteiger partial charge in [0.15, 0.2) is 11.7 Å². The van der Waals surface area contributed by atoms with Crippen molar-refractivity contribution < 1.29 is 24.1 Å². The van der Waals surface area contributed by atoms with Crippen molar-refractivity contribution in [3.63, 3.8) is 0 Å². The lowest BCUT2D eigenvalue weighted by atomic mass is 9.98. The minimum absolute atomic E-state index is 0.257. The summed E-state index contributed by atoms with van der Waals surface area (Å²) in [7, 11) is 0. The molecular weight excluding hydrogens is 248 g/mol. The first kappa shape index (κ1) is 16.4. The lowest BCUT2D eigenvalue weighted by Gasteiger charge is -2.29. The van der Waals surface area contributed by atoms with Crippen LogP contribution < -0.4 is 0 Å². The molecule has 1 unspecified atom stereocenters. The fourth-order valence-electron chi connectivity index (χ4n) is 2.06. The second-order valence-electron chi connectivity index (χ2n) is 5.23. The number of unbranched alkanes of at least 4 members (excludes halogenated alkanes) is 2. The van der Waals surface area contributed by atoms with E-state index in [0.29, 0.717) is 13.2 Å². The molecule has 3 atom stereocenters. The highest BCUT2D eigenvalue weighted by molar-refractivity contribution is 5.78. The molecule has 1 aliphatic rings. The van der Waals surface area contributed by atoms with Crippen molar-refractivity contribution in [1.82, 2.24) is 0 Å². The van der Waals surface area contributed by atoms with Gasteiger partial charge in [-0.25, -0.2) is 4.79 Å². The fraction of sp³-hybridized carbons (Fsp3) is 0.929. The third-order valence-corrected chi connectivity index (χ3v) is 3.29. The van der Waals surface area contributed by atoms with E-state index < -0.39 is 23.8 Å². The number of aliphatic hydroxyl groups excluding tert-OH is 1. The van der Waals surface area contributed by atoms with E-state index in [9.17, 15) is 9.90 Å². The van der Waals surface area contributed by atoms with Crippen LogP contribution in [0.2, 0.25) is 0 Å². The first-order chi connectivity index (χ1) is 9.05. The Hall–Kier alpha value is -0.650. The summed E-state index contributed by atoms with van der Waals surface area (Å²) in [5.74, 6) is -0.622. The van der Waals surface area contributed by atoms with Gasteiger partial charge in [-0.05, 0) is 19.8 Å². The third-order valence-electron chi connectivity index (χ3n) is 3.29. The van der Waals surface area contributed by atoms with E-state index in [0.717, 1.165) is 25.7 Å². The molecule has 0 aliphatic carbocycles. The maximum absolute atomic E-state index is 11.5. The molecule has 1 N–H and O–H groups in total. The number of aliphatic hydroxyl groups is 1. The van der Waals surface area contributed by atoms with Gasteiger partial charge in [-0.15, -0.1) is 0 Å². The number of carbonyl (C=O) groups excluding carboxylic acids is 1. The molecule has 5 nitrogen and oxygen atoms in total. The Kier molecular flexibility index (Phi) is 6.75. The average Bonchev–Trinajstić information content (AvgIpc) is 2.59. The van der Waals surface area contributed by atoms with Crippen LogP contribution in [-0.2, 0) is 19.0 Å². The second kappa shape index (κ2) is 7.82. The smallest absolute Gasteiger partial charge is 0.338 e. The van der Waals surface area contributed by atoms with Gasteiger partial charge in [-0.1, -0.05) is 26.7 Å². The molecule has 0 aromatic heterocycles. The molecule has 0 saturated carbocycles. The van der Waals surface area contributed by atoms with Gasteiger partial charge in [0.05, 0.1) is 6.61 Å². The van der Waals surface area contributed by atoms with E-state index in [1.165, 1.54) is 0 Å². The molecule has 0 radical (unpaired) electrons. The summed E-state index contributed by atoms with van der Waals surface area (Å²) >= 11 is 0. The zero-order valence-electron chi connectivity index (χ0n) is 12.2. The summed E-state index contributed by atoms with van der Waals surface area (Å²) in [5.41, 5.74) is -0.891. The van der Waals surface area contributed by atoms with Gasteiger partial charge in [0.25, 0.3) is 0 Å². The lowest BCUT2D eigenvalue weighted by Crippen LogP contribution is -2.46. The van der Waals surface area contributed by atoms with Crippen LogP contribution in [0.3, 0.4) is 0 Å². The summed E-state index contributed by atoms with van der Waals surface area (Å²) < 4.78 is 16.4. The number of esters is 1. The Morgan fingerprint density at radius 2 is 1.89 bits per heavy atom. The minimum atomic E-state index is -1.21. The van der Waals surface area contributed by atoms with Crippen molar-refractivity contribution in [2.24, 2.45) is 0 Å². The zero-order valence-corrected chi connectivity index (χ0v) is 12.2. The number of carbonyl (C=O) groups is 1. The molecule has 1 aliphatic heterocycles. The molecule has 0 amide bonds. The van der Waals surface area contributed by atoms with Gasteiger partial charge in [-0.3, -0.25) is 0 Å². The van der Waals surface area contributed by atoms with E-state index in [1.807, 2.05) is 0 Å². The van der Waals surface area contributed by atoms with Gasteiger partial charge in [0, 0.05) is 13.2 Å². The lowest BCUT2D eigenvalue weighted by molar-refractivity contribution is -0.158. The number of hydrogen-bond acceptors (Lipinski definition) is 5. The van der Waals surface area contributed by atoms with E-state index in [2.05, 4.69) is 13.8 Å². The molecular formula is C14H26O5. The van der Waals surface area contributed by atoms with Gasteiger partial charge in [0.1, 0.15) is 6.10 Å². The van der Waals surface area contributed by atoms with Crippen molar-refractivity contribution in [3.05, 3.63) is 0 Å². The predicted molar refractivity (Wildman–Crippen MR) is 70.9 cm³/mol. The summed E-state index contributed by atoms with van der Waals surface area (Å²) in [6.07, 6.45) is 2.06. The molecule has 0 bridgehead atoms. The highest BCUT2D eigenvalue weighted by Crippen LogP contribution is 2.30. The monoisotopic (exact) mass is 274 g/mol. The van der Waals surface area contributed by atoms with Crippen LogP contribution in [0.5, 0.6) is 0 Å². The molecule has 0 aromatic rings. The first-order valence-corrected chi connectivity index (χ1v) is 7.15. The molecule has 112 valence electrons. The molecule has 1 rings (SSSR count). The number of cyclic esters (lactones) is 1. The third kappa shape index (κ3) is 4.44. The van der Waals surface area contributed by atoms with E-state index in [4.69, 9.17) is 14.2 Å². The molecule has 1 fully saturated rings. The largest absolute Gasteiger partial charge is 0.452 e. The number of hydrogen-bond donors (Lipinski definition) is 1. The molecule has 0 aromatic carbocycles. The highest BCUT2D eigenvalue weighted by atomic mass is 16.6. The van der Waals surface area contributed by atoms with Crippen molar-refractivity contribution in [2.45, 2.75) is 64.3 Å². The van der Waals surface area contributed by atoms with Crippen molar-refractivity contribution in [1.29, 1.82) is 0 Å². The fourth-order valence-corrected chi connectivity index (χ4v) is 2.06. The van der Waals surface area contributed by atoms with Crippen molar-refractivity contribution in [3.8, 4) is 0 Å². The Balaban J connectivity index is 2.53. The zero-order chi connectivity index (χ0) is 14.3. The average molecular weight is 274 g/mol. The van der Waals surface area contributed by atoms with Gasteiger partial charge in [-0.2, -0.15) is 0 Å². The van der Waals surface area contributed by atoms with Gasteiger partial charge >= 0.3 is 5.97 Å². The number of rotatable bonds is 9. The van der Waals surface area contributed by atoms with Gasteiger partial charge in [0.2, 0.25) is 0 Å². The molecule has 19 heavy (non-hydrogen) atoms. The van der Waals surface area contributed by atoms with Crippen molar-refractivity contribution in [2.75, 3.05) is 19.8 Å². The minimum Gasteiger partial charge on any atom is -0.452 e. The van der Waals surface area contributed by atoms with E-state index in [-0.39, 0.29) is 6.61 Å². The maximum atomic E-state index is 11.5. The summed E-state index contributed by atoms with van der Waals surface area (Å²) in [6, 6.07) is 0. The molecule has 5 heteroatoms. The van der Waals surface area contributed by atoms with Crippen LogP contribution in [0.1, 0.15) is 46.5 Å². The van der Waals surface area contributed by atoms with Gasteiger partial charge < -0.3 is 19.3 Å². The Morgan fingerprint density at radius 3 is 2.53 bits per heavy atom. The second-order valence-corrected chi connectivity index (χ2v) is 5.23. The Bertz CT molecular complexity index is 281. The quantitative estimate of drug-likeness (QED) is 0.512. The van der Waals surface area contributed by atoms with E-state index in [1.54, 1.807) is 6.92 Å². The Labute approximate surface area is 115 Å². The first-order valence-electron chi connectivity index (χ1n) is 7.15. The van der Waals surface area contributed by atoms with E-state index >= 15 is 0 Å². The van der Waals surface area contributed by atoms with Crippen molar-refractivity contribution >= 4 is 5.97 Å². The topological polar surface area (TPSA) is 65.0 Å². The molecule has 0 spiro atoms. The predicted octanol–water partition coefficient (Wildman–Crippen LogP) is 1.66. The molecule has 1 saturated heterocycles. The normalized spacial score (nSPS) is 30.6. The summed E-state index contributed by atoms with van der Waals surface area (Å²) in [6.45, 7) is 7.29. The standard InChI is InChI=1S/C14H26O5/c1-4-6-8-17-10-14(3)12(18-9-7-5-2)11(15)13(16)19-14/h11-12,15H,4-10H2,1-3H3/t11-,12+,14?/m1/s1. The van der Waals surface area contributed by atoms with Crippen LogP contribution in [0.15, 0.2) is 0 Å². The number of ether oxygens (including phenoxy) is 3. The summed E-state index contributed by atoms with van der Waals surface area (Å²) in [4.78, 5) is 11.5. The van der Waals surface area contributed by atoms with Crippen LogP contribution in [-0.4, -0.2) is 48.7 Å². The molecule has 1 heterocycles. The highest BCUT2D eigenvalue weighted by Gasteiger charge is 2.53. The SMILES string of the molecule is CCCCOCC1(C)OC(=O)[C@H](O)[C@@H]1OCCCC. The van der Waals surface area contributed by atoms with Crippen LogP contribution in [0.25, 0.3) is 0 Å². The Morgan fingerprint density at radius 1 is 1.26 bits per heavy atom. The van der Waals surface area contributed by atoms with Crippen LogP contribution in [0.4, 0.5) is 0 Å². The maximum Gasteiger partial charge on any atom is 0.338 e. The van der Waals surface area contributed by atoms with Crippen LogP contribution in [0, 0.1) is 0 Å². The summed E-state index contributed by atoms with van der Waals surface area (Å²) in [5, 5.41) is 9.84.